The van der Waals surface area contributed by atoms with Gasteiger partial charge in [0.15, 0.2) is 0 Å². The quantitative estimate of drug-likeness (QED) is 0.871. The summed E-state index contributed by atoms with van der Waals surface area (Å²) in [5, 5.41) is 3.38. The average molecular weight is 342 g/mol. The van der Waals surface area contributed by atoms with Crippen LogP contribution in [0.1, 0.15) is 17.2 Å². The predicted octanol–water partition coefficient (Wildman–Crippen LogP) is 4.38. The number of benzene rings is 2. The Kier molecular flexibility index (Phi) is 6.21. The Morgan fingerprint density at radius 3 is 2.50 bits per heavy atom. The van der Waals surface area contributed by atoms with Gasteiger partial charge in [0.1, 0.15) is 5.82 Å². The highest BCUT2D eigenvalue weighted by Gasteiger charge is 2.29. The molecule has 0 saturated carbocycles. The smallest absolute Gasteiger partial charge is 0.142 e. The van der Waals surface area contributed by atoms with Gasteiger partial charge in [-0.1, -0.05) is 48.0 Å². The minimum Gasteiger partial charge on any atom is -0.368 e. The lowest BCUT2D eigenvalue weighted by Gasteiger charge is -2.35. The van der Waals surface area contributed by atoms with Gasteiger partial charge in [-0.2, -0.15) is 0 Å². The predicted molar refractivity (Wildman–Crippen MR) is 89.0 cm³/mol. The fourth-order valence-corrected chi connectivity index (χ4v) is 2.60. The van der Waals surface area contributed by atoms with Crippen molar-refractivity contribution in [3.8, 4) is 0 Å². The number of hydrogen-bond donors (Lipinski definition) is 1. The van der Waals surface area contributed by atoms with E-state index in [0.29, 0.717) is 12.5 Å². The summed E-state index contributed by atoms with van der Waals surface area (Å²) in [6, 6.07) is 14.9. The molecule has 1 heterocycles. The number of ether oxygens (including phenoxy) is 1. The van der Waals surface area contributed by atoms with Crippen LogP contribution in [0.25, 0.3) is 0 Å². The summed E-state index contributed by atoms with van der Waals surface area (Å²) in [7, 11) is 0. The first-order chi connectivity index (χ1) is 10.2. The number of halogens is 3. The summed E-state index contributed by atoms with van der Waals surface area (Å²) < 4.78 is 19.7. The first-order valence-electron chi connectivity index (χ1n) is 7.05. The summed E-state index contributed by atoms with van der Waals surface area (Å²) in [5.41, 5.74) is 1.96. The second kappa shape index (κ2) is 7.93. The van der Waals surface area contributed by atoms with Crippen molar-refractivity contribution >= 4 is 24.0 Å². The second-order valence-electron chi connectivity index (χ2n) is 5.31. The van der Waals surface area contributed by atoms with Crippen LogP contribution in [0.5, 0.6) is 0 Å². The van der Waals surface area contributed by atoms with Gasteiger partial charge in [0.25, 0.3) is 0 Å². The van der Waals surface area contributed by atoms with Crippen LogP contribution in [0.4, 0.5) is 4.39 Å². The molecule has 118 valence electrons. The topological polar surface area (TPSA) is 21.3 Å². The van der Waals surface area contributed by atoms with E-state index in [2.05, 4.69) is 5.32 Å². The molecule has 1 aliphatic heterocycles. The highest BCUT2D eigenvalue weighted by molar-refractivity contribution is 6.30. The average Bonchev–Trinajstić information content (AvgIpc) is 2.45. The molecule has 3 rings (SSSR count). The Balaban J connectivity index is 0.00000176. The standard InChI is InChI=1S/C17H17ClFNO.ClH/c18-15-7-6-13(8-16(15)19)17(14-9-20-10-14)21-11-12-4-2-1-3-5-12;/h1-8,14,17,20H,9-11H2;1H. The lowest BCUT2D eigenvalue weighted by Crippen LogP contribution is -2.45. The van der Waals surface area contributed by atoms with Gasteiger partial charge >= 0.3 is 0 Å². The summed E-state index contributed by atoms with van der Waals surface area (Å²) in [6.45, 7) is 2.31. The Morgan fingerprint density at radius 2 is 1.91 bits per heavy atom. The van der Waals surface area contributed by atoms with E-state index in [9.17, 15) is 4.39 Å². The molecule has 1 saturated heterocycles. The molecule has 0 aromatic heterocycles. The molecule has 1 atom stereocenters. The molecule has 0 radical (unpaired) electrons. The number of nitrogens with one attached hydrogen (secondary N) is 1. The third-order valence-electron chi connectivity index (χ3n) is 3.79. The Hall–Kier alpha value is -1.13. The van der Waals surface area contributed by atoms with Crippen LogP contribution < -0.4 is 5.32 Å². The van der Waals surface area contributed by atoms with Gasteiger partial charge in [-0.25, -0.2) is 4.39 Å². The van der Waals surface area contributed by atoms with Gasteiger partial charge in [-0.15, -0.1) is 12.4 Å². The number of hydrogen-bond acceptors (Lipinski definition) is 2. The highest BCUT2D eigenvalue weighted by Crippen LogP contribution is 2.31. The van der Waals surface area contributed by atoms with Gasteiger partial charge in [-0.05, 0) is 23.3 Å². The first-order valence-corrected chi connectivity index (χ1v) is 7.43. The molecule has 1 N–H and O–H groups in total. The van der Waals surface area contributed by atoms with Crippen molar-refractivity contribution in [2.24, 2.45) is 5.92 Å². The van der Waals surface area contributed by atoms with Crippen LogP contribution in [0.15, 0.2) is 48.5 Å². The van der Waals surface area contributed by atoms with E-state index < -0.39 is 5.82 Å². The summed E-state index contributed by atoms with van der Waals surface area (Å²) in [5.74, 6) is -0.0240. The van der Waals surface area contributed by atoms with Gasteiger partial charge in [0.05, 0.1) is 17.7 Å². The van der Waals surface area contributed by atoms with Gasteiger partial charge in [0, 0.05) is 19.0 Å². The van der Waals surface area contributed by atoms with E-state index in [1.165, 1.54) is 6.07 Å². The normalized spacial score (nSPS) is 15.7. The molecule has 2 nitrogen and oxygen atoms in total. The third kappa shape index (κ3) is 3.99. The van der Waals surface area contributed by atoms with Crippen LogP contribution in [0, 0.1) is 11.7 Å². The zero-order chi connectivity index (χ0) is 14.7. The van der Waals surface area contributed by atoms with Crippen molar-refractivity contribution in [1.29, 1.82) is 0 Å². The largest absolute Gasteiger partial charge is 0.368 e. The summed E-state index contributed by atoms with van der Waals surface area (Å²) in [4.78, 5) is 0. The van der Waals surface area contributed by atoms with Gasteiger partial charge in [-0.3, -0.25) is 0 Å². The van der Waals surface area contributed by atoms with E-state index in [1.54, 1.807) is 6.07 Å². The summed E-state index contributed by atoms with van der Waals surface area (Å²) in [6.07, 6.45) is -0.113. The van der Waals surface area contributed by atoms with Gasteiger partial charge in [0.2, 0.25) is 0 Å². The fourth-order valence-electron chi connectivity index (χ4n) is 2.48. The minimum absolute atomic E-state index is 0. The molecule has 2 aromatic rings. The van der Waals surface area contributed by atoms with Crippen molar-refractivity contribution in [2.45, 2.75) is 12.7 Å². The lowest BCUT2D eigenvalue weighted by atomic mass is 9.90. The molecule has 22 heavy (non-hydrogen) atoms. The molecular weight excluding hydrogens is 324 g/mol. The molecule has 1 unspecified atom stereocenters. The maximum Gasteiger partial charge on any atom is 0.142 e. The maximum atomic E-state index is 13.7. The zero-order valence-corrected chi connectivity index (χ0v) is 13.5. The fraction of sp³-hybridized carbons (Fsp3) is 0.294. The molecule has 2 aromatic carbocycles. The molecular formula is C17H18Cl2FNO. The first kappa shape index (κ1) is 17.2. The molecule has 1 fully saturated rings. The van der Waals surface area contributed by atoms with E-state index in [0.717, 1.165) is 24.2 Å². The highest BCUT2D eigenvalue weighted by atomic mass is 35.5. The minimum atomic E-state index is -0.394. The lowest BCUT2D eigenvalue weighted by molar-refractivity contribution is -0.0172. The van der Waals surface area contributed by atoms with Crippen LogP contribution >= 0.6 is 24.0 Å². The zero-order valence-electron chi connectivity index (χ0n) is 12.0. The van der Waals surface area contributed by atoms with Crippen molar-refractivity contribution in [2.75, 3.05) is 13.1 Å². The molecule has 0 spiro atoms. The number of rotatable bonds is 5. The summed E-state index contributed by atoms with van der Waals surface area (Å²) >= 11 is 5.76. The van der Waals surface area contributed by atoms with Crippen LogP contribution in [0.2, 0.25) is 5.02 Å². The Bertz CT molecular complexity index is 605. The second-order valence-corrected chi connectivity index (χ2v) is 5.72. The van der Waals surface area contributed by atoms with Crippen molar-refractivity contribution in [3.05, 3.63) is 70.5 Å². The van der Waals surface area contributed by atoms with Gasteiger partial charge < -0.3 is 10.1 Å². The molecule has 5 heteroatoms. The van der Waals surface area contributed by atoms with E-state index in [1.807, 2.05) is 36.4 Å². The van der Waals surface area contributed by atoms with Crippen molar-refractivity contribution in [1.82, 2.24) is 5.32 Å². The molecule has 0 bridgehead atoms. The van der Waals surface area contributed by atoms with Crippen LogP contribution in [0.3, 0.4) is 0 Å². The van der Waals surface area contributed by atoms with E-state index in [4.69, 9.17) is 16.3 Å². The van der Waals surface area contributed by atoms with E-state index in [-0.39, 0.29) is 23.5 Å². The SMILES string of the molecule is Cl.Fc1cc(C(OCc2ccccc2)C2CNC2)ccc1Cl. The molecule has 0 aliphatic carbocycles. The third-order valence-corrected chi connectivity index (χ3v) is 4.09. The monoisotopic (exact) mass is 341 g/mol. The Labute approximate surface area is 141 Å². The Morgan fingerprint density at radius 1 is 1.18 bits per heavy atom. The van der Waals surface area contributed by atoms with Crippen LogP contribution in [-0.2, 0) is 11.3 Å². The maximum absolute atomic E-state index is 13.7. The van der Waals surface area contributed by atoms with Crippen LogP contribution in [-0.4, -0.2) is 13.1 Å². The van der Waals surface area contributed by atoms with Crippen molar-refractivity contribution < 1.29 is 9.13 Å². The molecule has 1 aliphatic rings. The van der Waals surface area contributed by atoms with Crippen molar-refractivity contribution in [3.63, 3.8) is 0 Å². The van der Waals surface area contributed by atoms with E-state index >= 15 is 0 Å². The molecule has 0 amide bonds.